The molecule has 0 radical (unpaired) electrons. The van der Waals surface area contributed by atoms with Gasteiger partial charge in [-0.2, -0.15) is 0 Å². The number of carbonyl (C=O) groups excluding carboxylic acids is 1. The zero-order valence-electron chi connectivity index (χ0n) is 16.2. The maximum Gasteiger partial charge on any atom is 0.254 e. The average Bonchev–Trinajstić information content (AvgIpc) is 2.74. The number of rotatable bonds is 5. The Morgan fingerprint density at radius 2 is 1.71 bits per heavy atom. The number of carbonyl (C=O) groups is 1. The number of nitrogens with zero attached hydrogens (tertiary/aromatic N) is 3. The number of ether oxygens (including phenoxy) is 1. The normalized spacial score (nSPS) is 15.0. The Hall–Kier alpha value is -2.92. The minimum absolute atomic E-state index is 0.0990. The summed E-state index contributed by atoms with van der Waals surface area (Å²) in [6.07, 6.45) is 0. The van der Waals surface area contributed by atoms with Crippen LogP contribution >= 0.6 is 0 Å². The minimum atomic E-state index is 0.0990. The summed E-state index contributed by atoms with van der Waals surface area (Å²) in [7, 11) is 0. The molecule has 144 valence electrons. The van der Waals surface area contributed by atoms with Crippen molar-refractivity contribution in [2.45, 2.75) is 6.92 Å². The van der Waals surface area contributed by atoms with Crippen LogP contribution in [0.5, 0.6) is 5.75 Å². The third-order valence-corrected chi connectivity index (χ3v) is 5.15. The molecule has 28 heavy (non-hydrogen) atoms. The first kappa shape index (κ1) is 18.4. The molecular formula is C23H25N3O2. The van der Waals surface area contributed by atoms with E-state index in [2.05, 4.69) is 9.88 Å². The van der Waals surface area contributed by atoms with Crippen molar-refractivity contribution in [3.63, 3.8) is 0 Å². The second kappa shape index (κ2) is 8.40. The Balaban J connectivity index is 1.34. The van der Waals surface area contributed by atoms with Gasteiger partial charge in [0, 0.05) is 43.8 Å². The SMILES string of the molecule is Cc1cc(C(=O)N2CCN(CCOc3ccccc3)CC2)c2ccccc2n1. The maximum atomic E-state index is 13.1. The molecule has 0 unspecified atom stereocenters. The van der Waals surface area contributed by atoms with Crippen molar-refractivity contribution in [1.82, 2.24) is 14.8 Å². The van der Waals surface area contributed by atoms with Crippen LogP contribution in [0.25, 0.3) is 10.9 Å². The molecule has 0 aliphatic carbocycles. The molecule has 1 aliphatic heterocycles. The van der Waals surface area contributed by atoms with Crippen LogP contribution < -0.4 is 4.74 Å². The number of amides is 1. The summed E-state index contributed by atoms with van der Waals surface area (Å²) in [4.78, 5) is 22.0. The second-order valence-corrected chi connectivity index (χ2v) is 7.12. The van der Waals surface area contributed by atoms with E-state index in [1.54, 1.807) is 0 Å². The zero-order chi connectivity index (χ0) is 19.3. The fourth-order valence-corrected chi connectivity index (χ4v) is 3.64. The van der Waals surface area contributed by atoms with E-state index in [1.165, 1.54) is 0 Å². The molecule has 1 fully saturated rings. The summed E-state index contributed by atoms with van der Waals surface area (Å²) in [6, 6.07) is 19.6. The van der Waals surface area contributed by atoms with Crippen LogP contribution in [0, 0.1) is 6.92 Å². The summed E-state index contributed by atoms with van der Waals surface area (Å²) in [5, 5.41) is 0.928. The van der Waals surface area contributed by atoms with Gasteiger partial charge in [-0.05, 0) is 31.2 Å². The van der Waals surface area contributed by atoms with Gasteiger partial charge in [-0.3, -0.25) is 14.7 Å². The number of benzene rings is 2. The van der Waals surface area contributed by atoms with Gasteiger partial charge < -0.3 is 9.64 Å². The zero-order valence-corrected chi connectivity index (χ0v) is 16.2. The molecule has 1 aromatic heterocycles. The van der Waals surface area contributed by atoms with Crippen molar-refractivity contribution in [3.8, 4) is 5.75 Å². The van der Waals surface area contributed by atoms with E-state index in [-0.39, 0.29) is 5.91 Å². The van der Waals surface area contributed by atoms with Crippen LogP contribution in [-0.2, 0) is 0 Å². The third kappa shape index (κ3) is 4.15. The topological polar surface area (TPSA) is 45.7 Å². The average molecular weight is 375 g/mol. The number of pyridine rings is 1. The lowest BCUT2D eigenvalue weighted by molar-refractivity contribution is 0.0622. The Bertz CT molecular complexity index is 950. The first-order valence-electron chi connectivity index (χ1n) is 9.76. The number of fused-ring (bicyclic) bond motifs is 1. The Morgan fingerprint density at radius 1 is 1.00 bits per heavy atom. The van der Waals surface area contributed by atoms with Crippen LogP contribution in [0.3, 0.4) is 0 Å². The largest absolute Gasteiger partial charge is 0.492 e. The lowest BCUT2D eigenvalue weighted by atomic mass is 10.1. The fourth-order valence-electron chi connectivity index (χ4n) is 3.64. The van der Waals surface area contributed by atoms with E-state index in [9.17, 15) is 4.79 Å². The predicted molar refractivity (Wildman–Crippen MR) is 111 cm³/mol. The number of hydrogen-bond acceptors (Lipinski definition) is 4. The number of piperazine rings is 1. The molecule has 2 heterocycles. The molecule has 5 nitrogen and oxygen atoms in total. The van der Waals surface area contributed by atoms with Gasteiger partial charge in [0.05, 0.1) is 11.1 Å². The highest BCUT2D eigenvalue weighted by Gasteiger charge is 2.23. The summed E-state index contributed by atoms with van der Waals surface area (Å²) in [5.74, 6) is 0.998. The lowest BCUT2D eigenvalue weighted by Crippen LogP contribution is -2.49. The summed E-state index contributed by atoms with van der Waals surface area (Å²) >= 11 is 0. The minimum Gasteiger partial charge on any atom is -0.492 e. The van der Waals surface area contributed by atoms with Gasteiger partial charge in [-0.1, -0.05) is 36.4 Å². The number of hydrogen-bond donors (Lipinski definition) is 0. The number of aryl methyl sites for hydroxylation is 1. The molecule has 0 saturated carbocycles. The van der Waals surface area contributed by atoms with Crippen molar-refractivity contribution in [2.75, 3.05) is 39.3 Å². The summed E-state index contributed by atoms with van der Waals surface area (Å²) in [6.45, 7) is 6.67. The van der Waals surface area contributed by atoms with E-state index in [1.807, 2.05) is 72.5 Å². The van der Waals surface area contributed by atoms with Crippen LogP contribution in [-0.4, -0.2) is 60.0 Å². The van der Waals surface area contributed by atoms with Crippen LogP contribution in [0.15, 0.2) is 60.7 Å². The molecule has 0 bridgehead atoms. The highest BCUT2D eigenvalue weighted by atomic mass is 16.5. The van der Waals surface area contributed by atoms with Crippen molar-refractivity contribution in [3.05, 3.63) is 71.9 Å². The quantitative estimate of drug-likeness (QED) is 0.686. The number of aromatic nitrogens is 1. The smallest absolute Gasteiger partial charge is 0.254 e. The first-order chi connectivity index (χ1) is 13.7. The van der Waals surface area contributed by atoms with Crippen molar-refractivity contribution in [2.24, 2.45) is 0 Å². The van der Waals surface area contributed by atoms with Gasteiger partial charge in [-0.15, -0.1) is 0 Å². The van der Waals surface area contributed by atoms with Gasteiger partial charge in [0.15, 0.2) is 0 Å². The number of para-hydroxylation sites is 2. The van der Waals surface area contributed by atoms with Gasteiger partial charge in [-0.25, -0.2) is 0 Å². The molecule has 4 rings (SSSR count). The van der Waals surface area contributed by atoms with E-state index in [0.717, 1.165) is 60.6 Å². The Morgan fingerprint density at radius 3 is 2.50 bits per heavy atom. The third-order valence-electron chi connectivity index (χ3n) is 5.15. The van der Waals surface area contributed by atoms with Crippen LogP contribution in [0.1, 0.15) is 16.1 Å². The van der Waals surface area contributed by atoms with Gasteiger partial charge in [0.2, 0.25) is 0 Å². The molecule has 2 aromatic carbocycles. The fraction of sp³-hybridized carbons (Fsp3) is 0.304. The van der Waals surface area contributed by atoms with Crippen LogP contribution in [0.2, 0.25) is 0 Å². The predicted octanol–water partition coefficient (Wildman–Crippen LogP) is 3.38. The van der Waals surface area contributed by atoms with Crippen molar-refractivity contribution in [1.29, 1.82) is 0 Å². The molecule has 5 heteroatoms. The second-order valence-electron chi connectivity index (χ2n) is 7.12. The molecule has 1 aliphatic rings. The standard InChI is InChI=1S/C23H25N3O2/c1-18-17-21(20-9-5-6-10-22(20)24-18)23(27)26-13-11-25(12-14-26)15-16-28-19-7-3-2-4-8-19/h2-10,17H,11-16H2,1H3. The van der Waals surface area contributed by atoms with E-state index < -0.39 is 0 Å². The molecule has 0 atom stereocenters. The van der Waals surface area contributed by atoms with E-state index >= 15 is 0 Å². The molecule has 3 aromatic rings. The molecule has 1 saturated heterocycles. The van der Waals surface area contributed by atoms with Gasteiger partial charge in [0.25, 0.3) is 5.91 Å². The maximum absolute atomic E-state index is 13.1. The molecule has 0 N–H and O–H groups in total. The highest BCUT2D eigenvalue weighted by molar-refractivity contribution is 6.06. The van der Waals surface area contributed by atoms with Crippen LogP contribution in [0.4, 0.5) is 0 Å². The summed E-state index contributed by atoms with van der Waals surface area (Å²) in [5.41, 5.74) is 2.50. The van der Waals surface area contributed by atoms with E-state index in [0.29, 0.717) is 6.61 Å². The summed E-state index contributed by atoms with van der Waals surface area (Å²) < 4.78 is 5.78. The lowest BCUT2D eigenvalue weighted by Gasteiger charge is -2.34. The molecule has 0 spiro atoms. The first-order valence-corrected chi connectivity index (χ1v) is 9.76. The van der Waals surface area contributed by atoms with Gasteiger partial charge >= 0.3 is 0 Å². The Labute approximate surface area is 165 Å². The van der Waals surface area contributed by atoms with Crippen molar-refractivity contribution >= 4 is 16.8 Å². The highest BCUT2D eigenvalue weighted by Crippen LogP contribution is 2.20. The monoisotopic (exact) mass is 375 g/mol. The molecular weight excluding hydrogens is 350 g/mol. The van der Waals surface area contributed by atoms with Crippen molar-refractivity contribution < 1.29 is 9.53 Å². The van der Waals surface area contributed by atoms with E-state index in [4.69, 9.17) is 4.74 Å². The van der Waals surface area contributed by atoms with Gasteiger partial charge in [0.1, 0.15) is 12.4 Å². The Kier molecular flexibility index (Phi) is 5.53. The molecule has 1 amide bonds.